The van der Waals surface area contributed by atoms with E-state index in [0.717, 1.165) is 29.2 Å². The molecule has 1 fully saturated rings. The first-order valence-electron chi connectivity index (χ1n) is 9.11. The summed E-state index contributed by atoms with van der Waals surface area (Å²) in [5.74, 6) is 0.0611. The molecule has 1 aliphatic heterocycles. The van der Waals surface area contributed by atoms with Crippen LogP contribution in [0, 0.1) is 37.0 Å². The van der Waals surface area contributed by atoms with Crippen molar-refractivity contribution in [2.75, 3.05) is 0 Å². The lowest BCUT2D eigenvalue weighted by Gasteiger charge is -2.23. The van der Waals surface area contributed by atoms with E-state index < -0.39 is 0 Å². The zero-order chi connectivity index (χ0) is 18.7. The van der Waals surface area contributed by atoms with Gasteiger partial charge in [-0.1, -0.05) is 25.1 Å². The summed E-state index contributed by atoms with van der Waals surface area (Å²) in [6.45, 7) is 5.85. The Kier molecular flexibility index (Phi) is 6.15. The van der Waals surface area contributed by atoms with Gasteiger partial charge in [-0.2, -0.15) is 5.26 Å². The fraction of sp³-hybridized carbons (Fsp3) is 0.579. The number of aromatic nitrogens is 2. The average Bonchev–Trinajstić information content (AvgIpc) is 2.95. The first-order chi connectivity index (χ1) is 12.5. The van der Waals surface area contributed by atoms with Gasteiger partial charge in [0, 0.05) is 17.3 Å². The van der Waals surface area contributed by atoms with Crippen LogP contribution in [-0.4, -0.2) is 31.0 Å². The van der Waals surface area contributed by atoms with E-state index in [4.69, 9.17) is 0 Å². The van der Waals surface area contributed by atoms with E-state index in [0.29, 0.717) is 17.5 Å². The van der Waals surface area contributed by atoms with Crippen LogP contribution in [0.15, 0.2) is 11.2 Å². The quantitative estimate of drug-likeness (QED) is 0.485. The molecule has 1 unspecified atom stereocenters. The molecule has 1 amide bonds. The topological polar surface area (TPSA) is 78.7 Å². The average molecular weight is 389 g/mol. The minimum atomic E-state index is -0.267. The normalized spacial score (nSPS) is 23.0. The number of carbonyl (C=O) groups is 1. The molecule has 5 nitrogen and oxygen atoms in total. The van der Waals surface area contributed by atoms with Crippen molar-refractivity contribution in [2.45, 2.75) is 63.3 Å². The number of rotatable bonds is 4. The summed E-state index contributed by atoms with van der Waals surface area (Å²) in [6, 6.07) is 4.34. The van der Waals surface area contributed by atoms with Crippen molar-refractivity contribution in [1.82, 2.24) is 15.3 Å². The minimum absolute atomic E-state index is 0.0535. The molecule has 1 aromatic rings. The lowest BCUT2D eigenvalue weighted by Crippen LogP contribution is -2.40. The highest BCUT2D eigenvalue weighted by Gasteiger charge is 2.36. The Labute approximate surface area is 162 Å². The summed E-state index contributed by atoms with van der Waals surface area (Å²) >= 11 is 1.40. The molecule has 0 bridgehead atoms. The summed E-state index contributed by atoms with van der Waals surface area (Å²) in [6.07, 6.45) is 5.17. The molecule has 1 saturated carbocycles. The van der Waals surface area contributed by atoms with Crippen molar-refractivity contribution in [3.8, 4) is 6.07 Å². The zero-order valence-electron chi connectivity index (χ0n) is 15.4. The predicted octanol–water partition coefficient (Wildman–Crippen LogP) is 3.46. The molecule has 1 aliphatic carbocycles. The van der Waals surface area contributed by atoms with Gasteiger partial charge in [0.15, 0.2) is 5.16 Å². The Morgan fingerprint density at radius 1 is 1.42 bits per heavy atom. The molecule has 0 saturated heterocycles. The van der Waals surface area contributed by atoms with Crippen molar-refractivity contribution in [3.05, 3.63) is 17.5 Å². The fourth-order valence-corrected chi connectivity index (χ4v) is 5.94. The van der Waals surface area contributed by atoms with E-state index in [-0.39, 0.29) is 17.1 Å². The minimum Gasteiger partial charge on any atom is -0.319 e. The third kappa shape index (κ3) is 4.18. The van der Waals surface area contributed by atoms with Crippen LogP contribution in [0.5, 0.6) is 0 Å². The number of nitriles is 1. The molecule has 2 aliphatic rings. The van der Waals surface area contributed by atoms with Crippen molar-refractivity contribution in [3.63, 3.8) is 0 Å². The maximum atomic E-state index is 12.8. The van der Waals surface area contributed by atoms with Crippen molar-refractivity contribution in [2.24, 2.45) is 11.8 Å². The summed E-state index contributed by atoms with van der Waals surface area (Å²) < 4.78 is 0. The molecule has 26 heavy (non-hydrogen) atoms. The second-order valence-electron chi connectivity index (χ2n) is 6.83. The van der Waals surface area contributed by atoms with Crippen LogP contribution in [0.2, 0.25) is 0 Å². The first-order valence-corrected chi connectivity index (χ1v) is 10.8. The third-order valence-electron chi connectivity index (χ3n) is 4.79. The van der Waals surface area contributed by atoms with Crippen LogP contribution in [0.1, 0.15) is 50.4 Å². The summed E-state index contributed by atoms with van der Waals surface area (Å²) in [4.78, 5) is 23.9. The van der Waals surface area contributed by atoms with E-state index in [1.54, 1.807) is 10.9 Å². The Bertz CT molecular complexity index is 803. The Balaban J connectivity index is 1.73. The van der Waals surface area contributed by atoms with E-state index in [9.17, 15) is 10.1 Å². The highest BCUT2D eigenvalue weighted by Crippen LogP contribution is 2.34. The number of hydrogen-bond acceptors (Lipinski definition) is 5. The maximum Gasteiger partial charge on any atom is 0.238 e. The van der Waals surface area contributed by atoms with Gasteiger partial charge in [-0.3, -0.25) is 4.79 Å². The number of aryl methyl sites for hydroxylation is 2. The summed E-state index contributed by atoms with van der Waals surface area (Å²) in [5, 5.41) is 13.0. The molecule has 1 N–H and O–H groups in total. The molecular formula is C19H24N4OS2. The van der Waals surface area contributed by atoms with Gasteiger partial charge in [0.2, 0.25) is 5.91 Å². The molecule has 138 valence electrons. The summed E-state index contributed by atoms with van der Waals surface area (Å²) in [7, 11) is 1.63. The molecule has 0 aromatic carbocycles. The van der Waals surface area contributed by atoms with E-state index >= 15 is 0 Å². The largest absolute Gasteiger partial charge is 0.319 e. The van der Waals surface area contributed by atoms with Gasteiger partial charge in [0.05, 0.1) is 16.3 Å². The molecule has 3 rings (SSSR count). The van der Waals surface area contributed by atoms with Gasteiger partial charge >= 0.3 is 0 Å². The first kappa shape index (κ1) is 19.1. The number of nitrogens with one attached hydrogen (secondary N) is 1. The van der Waals surface area contributed by atoms with Gasteiger partial charge < -0.3 is 5.32 Å². The number of carbonyl (C=O) groups excluding carboxylic acids is 1. The zero-order valence-corrected chi connectivity index (χ0v) is 17.0. The molecule has 1 aromatic heterocycles. The number of hydrogen-bond donors (Lipinski definition) is 1. The number of amides is 1. The smallest absolute Gasteiger partial charge is 0.238 e. The fourth-order valence-electron chi connectivity index (χ4n) is 3.53. The van der Waals surface area contributed by atoms with Crippen molar-refractivity contribution < 1.29 is 4.79 Å². The maximum absolute atomic E-state index is 12.8. The van der Waals surface area contributed by atoms with E-state index in [2.05, 4.69) is 21.4 Å². The van der Waals surface area contributed by atoms with Crippen LogP contribution in [-0.2, 0) is 4.79 Å². The van der Waals surface area contributed by atoms with Gasteiger partial charge in [0.25, 0.3) is 0 Å². The second kappa shape index (κ2) is 8.36. The number of fused-ring (bicyclic) bond motifs is 1. The van der Waals surface area contributed by atoms with Crippen LogP contribution < -0.4 is 5.32 Å². The summed E-state index contributed by atoms with van der Waals surface area (Å²) in [5.41, 5.74) is 1.81. The second-order valence-corrected chi connectivity index (χ2v) is 9.17. The van der Waals surface area contributed by atoms with Crippen molar-refractivity contribution in [1.29, 1.82) is 5.26 Å². The lowest BCUT2D eigenvalue weighted by molar-refractivity contribution is -0.119. The van der Waals surface area contributed by atoms with E-state index in [1.165, 1.54) is 29.5 Å². The monoisotopic (exact) mass is 388 g/mol. The van der Waals surface area contributed by atoms with Gasteiger partial charge in [-0.15, -0.1) is 10.9 Å². The molecular weight excluding hydrogens is 364 g/mol. The molecule has 7 heteroatoms. The van der Waals surface area contributed by atoms with E-state index in [1.807, 2.05) is 26.8 Å². The number of nitrogens with zero attached hydrogens (tertiary/aromatic N) is 3. The van der Waals surface area contributed by atoms with Crippen LogP contribution in [0.3, 0.4) is 0 Å². The van der Waals surface area contributed by atoms with Crippen molar-refractivity contribution >= 4 is 38.5 Å². The lowest BCUT2D eigenvalue weighted by atomic mass is 9.80. The van der Waals surface area contributed by atoms with Crippen LogP contribution >= 0.6 is 22.7 Å². The standard InChI is InChI=1S/C19H24N4OS2/c1-4-15(26-19-21-11(2)9-12(3)22-19)17(24)23-18-14(10-20)13-7-5-6-8-16(13)25-18/h9,13-15H,4-8H2,1-3H3,(H,23,24)/t13?,14-,15-/m0/s1. The van der Waals surface area contributed by atoms with Crippen LogP contribution in [0.4, 0.5) is 0 Å². The molecule has 0 spiro atoms. The Hall–Kier alpha value is -1.65. The third-order valence-corrected chi connectivity index (χ3v) is 7.36. The highest BCUT2D eigenvalue weighted by molar-refractivity contribution is 8.00. The molecule has 0 radical (unpaired) electrons. The Morgan fingerprint density at radius 3 is 2.81 bits per heavy atom. The Morgan fingerprint density at radius 2 is 2.15 bits per heavy atom. The highest BCUT2D eigenvalue weighted by atomic mass is 32.2. The number of thioether (sulfide) groups is 1. The van der Waals surface area contributed by atoms with Gasteiger partial charge in [-0.25, -0.2) is 9.97 Å². The molecule has 3 atom stereocenters. The predicted molar refractivity (Wildman–Crippen MR) is 108 cm³/mol. The van der Waals surface area contributed by atoms with Gasteiger partial charge in [-0.05, 0) is 50.5 Å². The van der Waals surface area contributed by atoms with Gasteiger partial charge in [0.1, 0.15) is 5.92 Å². The SMILES string of the molecule is CC[C@H](Sc1nc(C)cc(C)n1)C(=O)NC1=S=C2CCCCC2[C@@H]1C#N. The van der Waals surface area contributed by atoms with Crippen LogP contribution in [0.25, 0.3) is 0 Å². The molecule has 2 heterocycles.